The van der Waals surface area contributed by atoms with E-state index in [9.17, 15) is 4.79 Å². The number of primary amides is 1. The molecule has 1 amide bonds. The second-order valence-corrected chi connectivity index (χ2v) is 3.99. The number of benzene rings is 1. The number of amides is 1. The summed E-state index contributed by atoms with van der Waals surface area (Å²) in [5.41, 5.74) is 5.62. The summed E-state index contributed by atoms with van der Waals surface area (Å²) in [7, 11) is 0. The molecular formula is C15H20N2O2. The fraction of sp³-hybridized carbons (Fsp3) is 0.400. The van der Waals surface area contributed by atoms with E-state index in [0.717, 1.165) is 19.6 Å². The summed E-state index contributed by atoms with van der Waals surface area (Å²) in [6, 6.07) is 6.71. The molecule has 4 heteroatoms. The van der Waals surface area contributed by atoms with Gasteiger partial charge in [-0.3, -0.25) is 9.69 Å². The Morgan fingerprint density at radius 3 is 2.37 bits per heavy atom. The van der Waals surface area contributed by atoms with Gasteiger partial charge in [0.2, 0.25) is 5.91 Å². The van der Waals surface area contributed by atoms with Gasteiger partial charge in [-0.15, -0.1) is 0 Å². The molecule has 4 nitrogen and oxygen atoms in total. The van der Waals surface area contributed by atoms with Gasteiger partial charge >= 0.3 is 0 Å². The number of carbonyl (C=O) groups excluding carboxylic acids is 1. The molecule has 19 heavy (non-hydrogen) atoms. The van der Waals surface area contributed by atoms with Crippen LogP contribution in [0.2, 0.25) is 0 Å². The van der Waals surface area contributed by atoms with Crippen LogP contribution in [0.1, 0.15) is 24.2 Å². The first-order valence-electron chi connectivity index (χ1n) is 6.38. The normalized spacial score (nSPS) is 9.84. The van der Waals surface area contributed by atoms with Gasteiger partial charge in [-0.1, -0.05) is 25.7 Å². The van der Waals surface area contributed by atoms with Crippen molar-refractivity contribution in [2.75, 3.05) is 26.2 Å². The molecule has 0 heterocycles. The second-order valence-electron chi connectivity index (χ2n) is 3.99. The van der Waals surface area contributed by atoms with Gasteiger partial charge in [0.1, 0.15) is 12.4 Å². The largest absolute Gasteiger partial charge is 0.481 e. The van der Waals surface area contributed by atoms with E-state index in [4.69, 9.17) is 10.5 Å². The molecule has 0 atom stereocenters. The summed E-state index contributed by atoms with van der Waals surface area (Å²) >= 11 is 0. The highest BCUT2D eigenvalue weighted by molar-refractivity contribution is 5.92. The Labute approximate surface area is 114 Å². The van der Waals surface area contributed by atoms with Crippen molar-refractivity contribution in [1.82, 2.24) is 4.90 Å². The van der Waals surface area contributed by atoms with Crippen LogP contribution >= 0.6 is 0 Å². The van der Waals surface area contributed by atoms with Crippen LogP contribution in [0.5, 0.6) is 5.75 Å². The van der Waals surface area contributed by atoms with Crippen LogP contribution in [-0.4, -0.2) is 37.0 Å². The molecule has 0 aromatic heterocycles. The van der Waals surface area contributed by atoms with Crippen molar-refractivity contribution in [2.45, 2.75) is 13.8 Å². The van der Waals surface area contributed by atoms with Crippen molar-refractivity contribution in [2.24, 2.45) is 5.73 Å². The molecule has 0 fully saturated rings. The molecule has 1 aromatic rings. The molecule has 0 saturated heterocycles. The van der Waals surface area contributed by atoms with E-state index in [1.165, 1.54) is 0 Å². The standard InChI is InChI=1S/C15H20N2O2/c1-3-17(4-2)11-5-6-12-19-14-9-7-13(8-10-14)15(16)18/h7-10H,3-4,11-12H2,1-2H3,(H2,16,18). The third-order valence-electron chi connectivity index (χ3n) is 2.77. The number of hydrogen-bond donors (Lipinski definition) is 1. The average Bonchev–Trinajstić information content (AvgIpc) is 2.43. The minimum absolute atomic E-state index is 0.344. The molecule has 102 valence electrons. The first-order chi connectivity index (χ1) is 9.17. The van der Waals surface area contributed by atoms with E-state index in [2.05, 4.69) is 30.6 Å². The summed E-state index contributed by atoms with van der Waals surface area (Å²) in [6.45, 7) is 7.33. The van der Waals surface area contributed by atoms with Gasteiger partial charge in [0.25, 0.3) is 0 Å². The zero-order valence-corrected chi connectivity index (χ0v) is 11.5. The molecule has 0 aliphatic heterocycles. The molecule has 0 aliphatic rings. The lowest BCUT2D eigenvalue weighted by Gasteiger charge is -2.13. The van der Waals surface area contributed by atoms with Gasteiger partial charge in [-0.2, -0.15) is 0 Å². The quantitative estimate of drug-likeness (QED) is 0.789. The van der Waals surface area contributed by atoms with Crippen molar-refractivity contribution in [3.63, 3.8) is 0 Å². The molecular weight excluding hydrogens is 240 g/mol. The number of hydrogen-bond acceptors (Lipinski definition) is 3. The minimum atomic E-state index is -0.439. The van der Waals surface area contributed by atoms with Crippen LogP contribution in [-0.2, 0) is 0 Å². The van der Waals surface area contributed by atoms with Gasteiger partial charge in [-0.25, -0.2) is 0 Å². The zero-order valence-electron chi connectivity index (χ0n) is 11.5. The molecule has 0 aliphatic carbocycles. The predicted octanol–water partition coefficient (Wildman–Crippen LogP) is 1.51. The highest BCUT2D eigenvalue weighted by Gasteiger charge is 1.99. The predicted molar refractivity (Wildman–Crippen MR) is 76.0 cm³/mol. The van der Waals surface area contributed by atoms with E-state index in [1.54, 1.807) is 24.3 Å². The Hall–Kier alpha value is -1.99. The summed E-state index contributed by atoms with van der Waals surface area (Å²) in [5.74, 6) is 6.27. The van der Waals surface area contributed by atoms with Crippen LogP contribution in [0.3, 0.4) is 0 Å². The van der Waals surface area contributed by atoms with E-state index in [-0.39, 0.29) is 0 Å². The first-order valence-corrected chi connectivity index (χ1v) is 6.38. The first kappa shape index (κ1) is 15.1. The fourth-order valence-electron chi connectivity index (χ4n) is 1.50. The summed E-state index contributed by atoms with van der Waals surface area (Å²) < 4.78 is 5.45. The maximum Gasteiger partial charge on any atom is 0.248 e. The topological polar surface area (TPSA) is 55.6 Å². The van der Waals surface area contributed by atoms with E-state index < -0.39 is 5.91 Å². The van der Waals surface area contributed by atoms with Crippen molar-refractivity contribution in [1.29, 1.82) is 0 Å². The van der Waals surface area contributed by atoms with Crippen molar-refractivity contribution in [3.8, 4) is 17.6 Å². The minimum Gasteiger partial charge on any atom is -0.481 e. The van der Waals surface area contributed by atoms with Crippen LogP contribution < -0.4 is 10.5 Å². The highest BCUT2D eigenvalue weighted by atomic mass is 16.5. The Morgan fingerprint density at radius 1 is 1.21 bits per heavy atom. The molecule has 2 N–H and O–H groups in total. The van der Waals surface area contributed by atoms with Crippen molar-refractivity contribution in [3.05, 3.63) is 29.8 Å². The molecule has 0 bridgehead atoms. The van der Waals surface area contributed by atoms with Gasteiger partial charge < -0.3 is 10.5 Å². The van der Waals surface area contributed by atoms with Gasteiger partial charge in [0, 0.05) is 5.56 Å². The van der Waals surface area contributed by atoms with Gasteiger partial charge in [0.15, 0.2) is 0 Å². The Morgan fingerprint density at radius 2 is 1.84 bits per heavy atom. The molecule has 0 spiro atoms. The average molecular weight is 260 g/mol. The zero-order chi connectivity index (χ0) is 14.1. The fourth-order valence-corrected chi connectivity index (χ4v) is 1.50. The van der Waals surface area contributed by atoms with Gasteiger partial charge in [-0.05, 0) is 37.4 Å². The molecule has 1 aromatic carbocycles. The van der Waals surface area contributed by atoms with E-state index in [0.29, 0.717) is 17.9 Å². The molecule has 1 rings (SSSR count). The Bertz CT molecular complexity index is 453. The third-order valence-corrected chi connectivity index (χ3v) is 2.77. The number of rotatable bonds is 6. The maximum atomic E-state index is 10.9. The van der Waals surface area contributed by atoms with Crippen LogP contribution in [0, 0.1) is 11.8 Å². The monoisotopic (exact) mass is 260 g/mol. The molecule has 0 saturated carbocycles. The lowest BCUT2D eigenvalue weighted by Crippen LogP contribution is -2.22. The number of nitrogens with zero attached hydrogens (tertiary/aromatic N) is 1. The van der Waals surface area contributed by atoms with Crippen molar-refractivity contribution >= 4 is 5.91 Å². The van der Waals surface area contributed by atoms with Crippen LogP contribution in [0.4, 0.5) is 0 Å². The van der Waals surface area contributed by atoms with E-state index in [1.807, 2.05) is 0 Å². The number of carbonyl (C=O) groups is 1. The SMILES string of the molecule is CCN(CC)CC#CCOc1ccc(C(N)=O)cc1. The summed E-state index contributed by atoms with van der Waals surface area (Å²) in [6.07, 6.45) is 0. The molecule has 0 unspecified atom stereocenters. The Kier molecular flexibility index (Phi) is 6.48. The lowest BCUT2D eigenvalue weighted by molar-refractivity contribution is 0.100. The van der Waals surface area contributed by atoms with Crippen LogP contribution in [0.25, 0.3) is 0 Å². The summed E-state index contributed by atoms with van der Waals surface area (Å²) in [5, 5.41) is 0. The van der Waals surface area contributed by atoms with Crippen LogP contribution in [0.15, 0.2) is 24.3 Å². The number of ether oxygens (including phenoxy) is 1. The lowest BCUT2D eigenvalue weighted by atomic mass is 10.2. The Balaban J connectivity index is 2.37. The second kappa shape index (κ2) is 8.17. The third kappa shape index (κ3) is 5.45. The number of nitrogens with two attached hydrogens (primary N) is 1. The van der Waals surface area contributed by atoms with Crippen molar-refractivity contribution < 1.29 is 9.53 Å². The van der Waals surface area contributed by atoms with E-state index >= 15 is 0 Å². The molecule has 0 radical (unpaired) electrons. The summed E-state index contributed by atoms with van der Waals surface area (Å²) in [4.78, 5) is 13.1. The maximum absolute atomic E-state index is 10.9. The smallest absolute Gasteiger partial charge is 0.248 e. The van der Waals surface area contributed by atoms with Gasteiger partial charge in [0.05, 0.1) is 6.54 Å². The highest BCUT2D eigenvalue weighted by Crippen LogP contribution is 2.11.